The van der Waals surface area contributed by atoms with Crippen LogP contribution in [0, 0.1) is 5.82 Å². The minimum absolute atomic E-state index is 0.0594. The molecule has 0 radical (unpaired) electrons. The van der Waals surface area contributed by atoms with E-state index in [0.717, 1.165) is 5.52 Å². The van der Waals surface area contributed by atoms with Crippen LogP contribution in [0.25, 0.3) is 10.9 Å². The largest absolute Gasteiger partial charge is 0.347 e. The van der Waals surface area contributed by atoms with Crippen molar-refractivity contribution in [3.05, 3.63) is 35.3 Å². The Hall–Kier alpha value is -1.31. The normalized spacial score (nSPS) is 12.7. The lowest BCUT2D eigenvalue weighted by atomic mass is 9.85. The van der Waals surface area contributed by atoms with E-state index in [-0.39, 0.29) is 11.2 Å². The molecule has 2 heteroatoms. The fraction of sp³-hybridized carbons (Fsp3) is 0.500. The third-order valence-electron chi connectivity index (χ3n) is 3.49. The monoisotopic (exact) mass is 247 g/mol. The molecule has 18 heavy (non-hydrogen) atoms. The van der Waals surface area contributed by atoms with Gasteiger partial charge in [0.05, 0.1) is 5.52 Å². The first-order chi connectivity index (χ1) is 8.23. The molecule has 0 bridgehead atoms. The van der Waals surface area contributed by atoms with Crippen molar-refractivity contribution < 1.29 is 4.39 Å². The minimum atomic E-state index is -0.168. The quantitative estimate of drug-likeness (QED) is 0.686. The standard InChI is InChI=1S/C16H22FN/c1-10(2)14-12-8-7-11(17)9-13(12)18(6)15(14)16(3,4)5/h7-10H,1-6H3. The fourth-order valence-corrected chi connectivity index (χ4v) is 2.93. The predicted octanol–water partition coefficient (Wildman–Crippen LogP) is 4.74. The van der Waals surface area contributed by atoms with Crippen molar-refractivity contribution in [3.63, 3.8) is 0 Å². The summed E-state index contributed by atoms with van der Waals surface area (Å²) in [6.45, 7) is 11.0. The molecule has 1 aromatic heterocycles. The van der Waals surface area contributed by atoms with Crippen LogP contribution in [-0.2, 0) is 12.5 Å². The van der Waals surface area contributed by atoms with Crippen LogP contribution in [0.3, 0.4) is 0 Å². The predicted molar refractivity (Wildman–Crippen MR) is 75.7 cm³/mol. The highest BCUT2D eigenvalue weighted by Crippen LogP contribution is 2.38. The number of aromatic nitrogens is 1. The van der Waals surface area contributed by atoms with Crippen molar-refractivity contribution in [1.82, 2.24) is 4.57 Å². The summed E-state index contributed by atoms with van der Waals surface area (Å²) in [7, 11) is 2.04. The highest BCUT2D eigenvalue weighted by molar-refractivity contribution is 5.86. The smallest absolute Gasteiger partial charge is 0.125 e. The first kappa shape index (κ1) is 13.1. The van der Waals surface area contributed by atoms with Crippen molar-refractivity contribution in [2.24, 2.45) is 7.05 Å². The molecule has 2 rings (SSSR count). The first-order valence-corrected chi connectivity index (χ1v) is 6.51. The molecule has 0 fully saturated rings. The van der Waals surface area contributed by atoms with E-state index in [1.54, 1.807) is 12.1 Å². The SMILES string of the molecule is CC(C)c1c(C(C)(C)C)n(C)c2cc(F)ccc12. The Bertz CT molecular complexity index is 585. The second-order valence-corrected chi connectivity index (χ2v) is 6.39. The summed E-state index contributed by atoms with van der Waals surface area (Å²) in [6.07, 6.45) is 0. The number of benzene rings is 1. The van der Waals surface area contributed by atoms with Crippen molar-refractivity contribution in [1.29, 1.82) is 0 Å². The Morgan fingerprint density at radius 2 is 1.78 bits per heavy atom. The van der Waals surface area contributed by atoms with Crippen LogP contribution >= 0.6 is 0 Å². The van der Waals surface area contributed by atoms with E-state index in [9.17, 15) is 4.39 Å². The summed E-state index contributed by atoms with van der Waals surface area (Å²) >= 11 is 0. The molecule has 1 nitrogen and oxygen atoms in total. The second kappa shape index (κ2) is 4.11. The van der Waals surface area contributed by atoms with Crippen molar-refractivity contribution in [2.45, 2.75) is 46.0 Å². The van der Waals surface area contributed by atoms with E-state index < -0.39 is 0 Å². The van der Waals surface area contributed by atoms with Gasteiger partial charge in [-0.25, -0.2) is 4.39 Å². The van der Waals surface area contributed by atoms with E-state index in [0.29, 0.717) is 5.92 Å². The molecular weight excluding hydrogens is 225 g/mol. The summed E-state index contributed by atoms with van der Waals surface area (Å²) < 4.78 is 15.6. The van der Waals surface area contributed by atoms with E-state index in [4.69, 9.17) is 0 Å². The second-order valence-electron chi connectivity index (χ2n) is 6.39. The molecule has 1 heterocycles. The van der Waals surface area contributed by atoms with Gasteiger partial charge in [0, 0.05) is 23.5 Å². The van der Waals surface area contributed by atoms with Gasteiger partial charge < -0.3 is 4.57 Å². The molecule has 0 atom stereocenters. The Kier molecular flexibility index (Phi) is 3.00. The Balaban J connectivity index is 2.92. The molecular formula is C16H22FN. The van der Waals surface area contributed by atoms with E-state index in [1.807, 2.05) is 13.1 Å². The van der Waals surface area contributed by atoms with Gasteiger partial charge in [0.2, 0.25) is 0 Å². The maximum Gasteiger partial charge on any atom is 0.125 e. The van der Waals surface area contributed by atoms with E-state index in [1.165, 1.54) is 16.6 Å². The van der Waals surface area contributed by atoms with Gasteiger partial charge in [0.1, 0.15) is 5.82 Å². The zero-order chi connectivity index (χ0) is 13.7. The number of hydrogen-bond donors (Lipinski definition) is 0. The number of nitrogens with zero attached hydrogens (tertiary/aromatic N) is 1. The fourth-order valence-electron chi connectivity index (χ4n) is 2.93. The minimum Gasteiger partial charge on any atom is -0.347 e. The maximum atomic E-state index is 13.4. The molecule has 0 aliphatic rings. The lowest BCUT2D eigenvalue weighted by Crippen LogP contribution is -2.18. The molecule has 1 aromatic carbocycles. The Labute approximate surface area is 109 Å². The average molecular weight is 247 g/mol. The highest BCUT2D eigenvalue weighted by Gasteiger charge is 2.26. The molecule has 0 aliphatic carbocycles. The van der Waals surface area contributed by atoms with E-state index in [2.05, 4.69) is 39.2 Å². The van der Waals surface area contributed by atoms with Crippen LogP contribution < -0.4 is 0 Å². The van der Waals surface area contributed by atoms with Crippen LogP contribution in [0.15, 0.2) is 18.2 Å². The van der Waals surface area contributed by atoms with Gasteiger partial charge in [-0.2, -0.15) is 0 Å². The zero-order valence-electron chi connectivity index (χ0n) is 12.1. The Morgan fingerprint density at radius 3 is 2.28 bits per heavy atom. The molecule has 0 spiro atoms. The van der Waals surface area contributed by atoms with Gasteiger partial charge in [0.15, 0.2) is 0 Å². The summed E-state index contributed by atoms with van der Waals surface area (Å²) in [5, 5.41) is 1.18. The summed E-state index contributed by atoms with van der Waals surface area (Å²) in [5.41, 5.74) is 3.70. The van der Waals surface area contributed by atoms with Crippen LogP contribution in [0.4, 0.5) is 4.39 Å². The van der Waals surface area contributed by atoms with Crippen molar-refractivity contribution in [3.8, 4) is 0 Å². The summed E-state index contributed by atoms with van der Waals surface area (Å²) in [6, 6.07) is 5.10. The Morgan fingerprint density at radius 1 is 1.17 bits per heavy atom. The topological polar surface area (TPSA) is 4.93 Å². The van der Waals surface area contributed by atoms with Gasteiger partial charge in [-0.1, -0.05) is 34.6 Å². The molecule has 0 saturated heterocycles. The van der Waals surface area contributed by atoms with Gasteiger partial charge in [-0.15, -0.1) is 0 Å². The molecule has 98 valence electrons. The summed E-state index contributed by atoms with van der Waals surface area (Å²) in [5.74, 6) is 0.271. The molecule has 0 unspecified atom stereocenters. The van der Waals surface area contributed by atoms with Crippen LogP contribution in [0.1, 0.15) is 51.8 Å². The number of fused-ring (bicyclic) bond motifs is 1. The number of hydrogen-bond acceptors (Lipinski definition) is 0. The van der Waals surface area contributed by atoms with E-state index >= 15 is 0 Å². The zero-order valence-corrected chi connectivity index (χ0v) is 12.1. The van der Waals surface area contributed by atoms with Crippen LogP contribution in [-0.4, -0.2) is 4.57 Å². The number of halogens is 1. The molecule has 0 amide bonds. The third-order valence-corrected chi connectivity index (χ3v) is 3.49. The molecule has 0 N–H and O–H groups in total. The van der Waals surface area contributed by atoms with Gasteiger partial charge >= 0.3 is 0 Å². The maximum absolute atomic E-state index is 13.4. The molecule has 0 saturated carbocycles. The van der Waals surface area contributed by atoms with Crippen molar-refractivity contribution in [2.75, 3.05) is 0 Å². The third kappa shape index (κ3) is 1.94. The average Bonchev–Trinajstić information content (AvgIpc) is 2.51. The number of aryl methyl sites for hydroxylation is 1. The van der Waals surface area contributed by atoms with Gasteiger partial charge in [0.25, 0.3) is 0 Å². The molecule has 2 aromatic rings. The lowest BCUT2D eigenvalue weighted by molar-refractivity contribution is 0.535. The molecule has 0 aliphatic heterocycles. The van der Waals surface area contributed by atoms with Crippen LogP contribution in [0.5, 0.6) is 0 Å². The summed E-state index contributed by atoms with van der Waals surface area (Å²) in [4.78, 5) is 0. The lowest BCUT2D eigenvalue weighted by Gasteiger charge is -2.24. The van der Waals surface area contributed by atoms with Gasteiger partial charge in [-0.05, 0) is 29.7 Å². The number of rotatable bonds is 1. The first-order valence-electron chi connectivity index (χ1n) is 6.51. The van der Waals surface area contributed by atoms with Gasteiger partial charge in [-0.3, -0.25) is 0 Å². The highest BCUT2D eigenvalue weighted by atomic mass is 19.1. The van der Waals surface area contributed by atoms with Crippen LogP contribution in [0.2, 0.25) is 0 Å². The van der Waals surface area contributed by atoms with Crippen molar-refractivity contribution >= 4 is 10.9 Å².